The van der Waals surface area contributed by atoms with Crippen LogP contribution in [0.4, 0.5) is 5.69 Å². The van der Waals surface area contributed by atoms with Crippen molar-refractivity contribution >= 4 is 11.6 Å². The van der Waals surface area contributed by atoms with Gasteiger partial charge in [0.2, 0.25) is 0 Å². The number of rotatable bonds is 1. The molecule has 4 nitrogen and oxygen atoms in total. The van der Waals surface area contributed by atoms with Crippen molar-refractivity contribution in [3.05, 3.63) is 53.1 Å². The zero-order chi connectivity index (χ0) is 15.0. The van der Waals surface area contributed by atoms with Gasteiger partial charge < -0.3 is 15.1 Å². The van der Waals surface area contributed by atoms with E-state index in [9.17, 15) is 15.0 Å². The number of nitrogens with zero attached hydrogens (tertiary/aromatic N) is 1. The zero-order valence-electron chi connectivity index (χ0n) is 11.8. The summed E-state index contributed by atoms with van der Waals surface area (Å²) in [6.45, 7) is 2.40. The van der Waals surface area contributed by atoms with Crippen LogP contribution in [0.2, 0.25) is 0 Å². The molecule has 2 aromatic rings. The molecule has 21 heavy (non-hydrogen) atoms. The standard InChI is InChI=1S/C17H17NO3/c1-11-7-8-13(15(20)10-11)17(21)18-9-3-5-12-4-2-6-14(19)16(12)18/h2,4,6-8,10,19-20H,3,5,9H2,1H3. The van der Waals surface area contributed by atoms with E-state index in [-0.39, 0.29) is 23.0 Å². The Morgan fingerprint density at radius 3 is 2.71 bits per heavy atom. The predicted octanol–water partition coefficient (Wildman–Crippen LogP) is 3.00. The lowest BCUT2D eigenvalue weighted by molar-refractivity contribution is 0.0981. The number of phenolic OH excluding ortho intramolecular Hbond substituents is 2. The molecule has 1 amide bonds. The molecule has 0 aromatic heterocycles. The summed E-state index contributed by atoms with van der Waals surface area (Å²) in [4.78, 5) is 14.3. The Morgan fingerprint density at radius 1 is 1.14 bits per heavy atom. The van der Waals surface area contributed by atoms with Crippen molar-refractivity contribution in [2.45, 2.75) is 19.8 Å². The minimum atomic E-state index is -0.282. The first kappa shape index (κ1) is 13.5. The fourth-order valence-electron chi connectivity index (χ4n) is 2.80. The molecular weight excluding hydrogens is 266 g/mol. The molecule has 1 heterocycles. The Labute approximate surface area is 123 Å². The molecule has 0 saturated heterocycles. The first-order chi connectivity index (χ1) is 10.1. The van der Waals surface area contributed by atoms with Crippen LogP contribution in [0.5, 0.6) is 11.5 Å². The SMILES string of the molecule is Cc1ccc(C(=O)N2CCCc3cccc(O)c32)c(O)c1. The number of hydrogen-bond acceptors (Lipinski definition) is 3. The summed E-state index contributed by atoms with van der Waals surface area (Å²) in [5, 5.41) is 20.1. The highest BCUT2D eigenvalue weighted by atomic mass is 16.3. The molecule has 2 N–H and O–H groups in total. The van der Waals surface area contributed by atoms with Gasteiger partial charge in [-0.05, 0) is 49.1 Å². The normalized spacial score (nSPS) is 13.9. The van der Waals surface area contributed by atoms with Crippen molar-refractivity contribution in [2.24, 2.45) is 0 Å². The summed E-state index contributed by atoms with van der Waals surface area (Å²) in [6, 6.07) is 10.3. The zero-order valence-corrected chi connectivity index (χ0v) is 11.8. The average Bonchev–Trinajstić information content (AvgIpc) is 2.46. The molecule has 4 heteroatoms. The maximum Gasteiger partial charge on any atom is 0.262 e. The maximum atomic E-state index is 12.7. The van der Waals surface area contributed by atoms with Crippen LogP contribution < -0.4 is 4.90 Å². The second-order valence-electron chi connectivity index (χ2n) is 5.37. The summed E-state index contributed by atoms with van der Waals surface area (Å²) in [5.41, 5.74) is 2.68. The molecule has 0 atom stereocenters. The van der Waals surface area contributed by atoms with Crippen molar-refractivity contribution in [3.63, 3.8) is 0 Å². The molecule has 3 rings (SSSR count). The summed E-state index contributed by atoms with van der Waals surface area (Å²) in [6.07, 6.45) is 1.68. The number of carbonyl (C=O) groups is 1. The number of hydrogen-bond donors (Lipinski definition) is 2. The third-order valence-electron chi connectivity index (χ3n) is 3.82. The number of amides is 1. The lowest BCUT2D eigenvalue weighted by Gasteiger charge is -2.30. The van der Waals surface area contributed by atoms with Crippen LogP contribution in [0.15, 0.2) is 36.4 Å². The molecule has 0 aliphatic carbocycles. The van der Waals surface area contributed by atoms with Crippen molar-refractivity contribution in [2.75, 3.05) is 11.4 Å². The number of para-hydroxylation sites is 1. The molecule has 0 bridgehead atoms. The number of carbonyl (C=O) groups excluding carboxylic acids is 1. The number of benzene rings is 2. The van der Waals surface area contributed by atoms with E-state index >= 15 is 0 Å². The van der Waals surface area contributed by atoms with Crippen molar-refractivity contribution in [1.82, 2.24) is 0 Å². The number of anilines is 1. The van der Waals surface area contributed by atoms with Crippen molar-refractivity contribution in [1.29, 1.82) is 0 Å². The van der Waals surface area contributed by atoms with Crippen LogP contribution in [0.25, 0.3) is 0 Å². The van der Waals surface area contributed by atoms with E-state index in [1.165, 1.54) is 0 Å². The minimum Gasteiger partial charge on any atom is -0.507 e. The second kappa shape index (κ2) is 5.13. The van der Waals surface area contributed by atoms with Crippen LogP contribution in [0.1, 0.15) is 27.9 Å². The van der Waals surface area contributed by atoms with Crippen molar-refractivity contribution in [3.8, 4) is 11.5 Å². The van der Waals surface area contributed by atoms with E-state index in [0.29, 0.717) is 12.2 Å². The van der Waals surface area contributed by atoms with Gasteiger partial charge in [0, 0.05) is 6.54 Å². The molecule has 0 fully saturated rings. The monoisotopic (exact) mass is 283 g/mol. The summed E-state index contributed by atoms with van der Waals surface area (Å²) >= 11 is 0. The van der Waals surface area contributed by atoms with Gasteiger partial charge in [0.15, 0.2) is 0 Å². The number of fused-ring (bicyclic) bond motifs is 1. The van der Waals surface area contributed by atoms with Crippen LogP contribution in [-0.2, 0) is 6.42 Å². The highest BCUT2D eigenvalue weighted by Gasteiger charge is 2.27. The fourth-order valence-corrected chi connectivity index (χ4v) is 2.80. The topological polar surface area (TPSA) is 60.8 Å². The largest absolute Gasteiger partial charge is 0.507 e. The highest BCUT2D eigenvalue weighted by molar-refractivity contribution is 6.09. The smallest absolute Gasteiger partial charge is 0.262 e. The van der Waals surface area contributed by atoms with Gasteiger partial charge in [-0.3, -0.25) is 4.79 Å². The third-order valence-corrected chi connectivity index (χ3v) is 3.82. The summed E-state index contributed by atoms with van der Waals surface area (Å²) in [7, 11) is 0. The molecule has 1 aliphatic rings. The minimum absolute atomic E-state index is 0.0254. The van der Waals surface area contributed by atoms with E-state index in [1.807, 2.05) is 13.0 Å². The van der Waals surface area contributed by atoms with Crippen LogP contribution >= 0.6 is 0 Å². The lowest BCUT2D eigenvalue weighted by Crippen LogP contribution is -2.35. The Kier molecular flexibility index (Phi) is 3.29. The predicted molar refractivity (Wildman–Crippen MR) is 80.9 cm³/mol. The first-order valence-electron chi connectivity index (χ1n) is 7.00. The quantitative estimate of drug-likeness (QED) is 0.845. The van der Waals surface area contributed by atoms with Gasteiger partial charge in [0.1, 0.15) is 11.5 Å². The Hall–Kier alpha value is -2.49. The molecule has 0 unspecified atom stereocenters. The molecule has 0 radical (unpaired) electrons. The Morgan fingerprint density at radius 2 is 1.95 bits per heavy atom. The van der Waals surface area contributed by atoms with Crippen LogP contribution in [0, 0.1) is 6.92 Å². The van der Waals surface area contributed by atoms with Gasteiger partial charge in [0.05, 0.1) is 11.3 Å². The van der Waals surface area contributed by atoms with E-state index in [2.05, 4.69) is 0 Å². The first-order valence-corrected chi connectivity index (χ1v) is 7.00. The summed E-state index contributed by atoms with van der Waals surface area (Å²) in [5.74, 6) is -0.204. The lowest BCUT2D eigenvalue weighted by atomic mass is 9.99. The van der Waals surface area contributed by atoms with Gasteiger partial charge in [-0.25, -0.2) is 0 Å². The fraction of sp³-hybridized carbons (Fsp3) is 0.235. The molecule has 0 spiro atoms. The summed E-state index contributed by atoms with van der Waals surface area (Å²) < 4.78 is 0. The van der Waals surface area contributed by atoms with E-state index in [4.69, 9.17) is 0 Å². The van der Waals surface area contributed by atoms with Gasteiger partial charge in [0.25, 0.3) is 5.91 Å². The Bertz CT molecular complexity index is 709. The van der Waals surface area contributed by atoms with E-state index < -0.39 is 0 Å². The highest BCUT2D eigenvalue weighted by Crippen LogP contribution is 2.37. The van der Waals surface area contributed by atoms with Gasteiger partial charge in [-0.2, -0.15) is 0 Å². The second-order valence-corrected chi connectivity index (χ2v) is 5.37. The van der Waals surface area contributed by atoms with Crippen molar-refractivity contribution < 1.29 is 15.0 Å². The van der Waals surface area contributed by atoms with E-state index in [1.54, 1.807) is 35.2 Å². The number of aryl methyl sites for hydroxylation is 2. The average molecular weight is 283 g/mol. The molecule has 2 aromatic carbocycles. The third kappa shape index (κ3) is 2.33. The van der Waals surface area contributed by atoms with E-state index in [0.717, 1.165) is 24.0 Å². The van der Waals surface area contributed by atoms with Gasteiger partial charge in [-0.15, -0.1) is 0 Å². The molecule has 108 valence electrons. The van der Waals surface area contributed by atoms with Gasteiger partial charge in [-0.1, -0.05) is 18.2 Å². The molecular formula is C17H17NO3. The number of aromatic hydroxyl groups is 2. The Balaban J connectivity index is 2.04. The molecule has 0 saturated carbocycles. The molecule has 1 aliphatic heterocycles. The van der Waals surface area contributed by atoms with Crippen LogP contribution in [0.3, 0.4) is 0 Å². The maximum absolute atomic E-state index is 12.7. The van der Waals surface area contributed by atoms with Gasteiger partial charge >= 0.3 is 0 Å². The number of phenols is 2. The van der Waals surface area contributed by atoms with Crippen LogP contribution in [-0.4, -0.2) is 22.7 Å².